The fraction of sp³-hybridized carbons (Fsp3) is 0.500. The van der Waals surface area contributed by atoms with Gasteiger partial charge in [-0.05, 0) is 23.6 Å². The molecular formula is C18H24ClNO6. The van der Waals surface area contributed by atoms with Crippen molar-refractivity contribution in [1.82, 2.24) is 5.32 Å². The lowest BCUT2D eigenvalue weighted by Gasteiger charge is -2.18. The second-order valence-electron chi connectivity index (χ2n) is 6.29. The Hall–Kier alpha value is -2.28. The molecule has 1 aromatic carbocycles. The van der Waals surface area contributed by atoms with Crippen LogP contribution in [0.3, 0.4) is 0 Å². The molecule has 1 amide bonds. The van der Waals surface area contributed by atoms with Gasteiger partial charge in [0.05, 0.1) is 6.42 Å². The predicted molar refractivity (Wildman–Crippen MR) is 95.9 cm³/mol. The number of carboxylic acid groups (broad SMARTS) is 1. The van der Waals surface area contributed by atoms with Gasteiger partial charge in [-0.1, -0.05) is 37.6 Å². The van der Waals surface area contributed by atoms with Crippen molar-refractivity contribution < 1.29 is 29.0 Å². The number of alkyl carbamates (subject to hydrolysis) is 1. The maximum atomic E-state index is 11.8. The van der Waals surface area contributed by atoms with E-state index in [1.807, 2.05) is 13.8 Å². The summed E-state index contributed by atoms with van der Waals surface area (Å²) in [7, 11) is 0. The smallest absolute Gasteiger partial charge is 0.410 e. The zero-order chi connectivity index (χ0) is 19.7. The molecule has 0 aliphatic heterocycles. The van der Waals surface area contributed by atoms with Gasteiger partial charge in [0, 0.05) is 30.8 Å². The van der Waals surface area contributed by atoms with Crippen LogP contribution >= 0.6 is 11.6 Å². The van der Waals surface area contributed by atoms with E-state index in [1.54, 1.807) is 24.3 Å². The van der Waals surface area contributed by atoms with Crippen molar-refractivity contribution in [3.63, 3.8) is 0 Å². The van der Waals surface area contributed by atoms with Gasteiger partial charge in [0.25, 0.3) is 0 Å². The van der Waals surface area contributed by atoms with Crippen LogP contribution in [0.2, 0.25) is 5.02 Å². The molecule has 0 spiro atoms. The van der Waals surface area contributed by atoms with Crippen LogP contribution in [0.1, 0.15) is 45.1 Å². The van der Waals surface area contributed by atoms with Gasteiger partial charge < -0.3 is 19.9 Å². The number of ether oxygens (including phenoxy) is 2. The first-order chi connectivity index (χ1) is 12.2. The number of amides is 1. The van der Waals surface area contributed by atoms with Crippen LogP contribution < -0.4 is 5.32 Å². The Kier molecular flexibility index (Phi) is 8.92. The zero-order valence-electron chi connectivity index (χ0n) is 15.0. The maximum absolute atomic E-state index is 11.8. The maximum Gasteiger partial charge on any atom is 0.410 e. The van der Waals surface area contributed by atoms with Crippen molar-refractivity contribution in [3.05, 3.63) is 34.9 Å². The molecule has 0 saturated heterocycles. The van der Waals surface area contributed by atoms with E-state index in [2.05, 4.69) is 5.32 Å². The Labute approximate surface area is 157 Å². The lowest BCUT2D eigenvalue weighted by Crippen LogP contribution is -2.33. The summed E-state index contributed by atoms with van der Waals surface area (Å²) in [6.07, 6.45) is -1.76. The first kappa shape index (κ1) is 21.8. The number of carbonyl (C=O) groups is 3. The van der Waals surface area contributed by atoms with E-state index in [0.717, 1.165) is 5.56 Å². The molecule has 1 aromatic rings. The molecule has 144 valence electrons. The highest BCUT2D eigenvalue weighted by atomic mass is 35.5. The minimum absolute atomic E-state index is 0.0550. The van der Waals surface area contributed by atoms with Crippen molar-refractivity contribution in [2.45, 2.75) is 45.8 Å². The summed E-state index contributed by atoms with van der Waals surface area (Å²) in [5, 5.41) is 12.1. The van der Waals surface area contributed by atoms with E-state index in [9.17, 15) is 14.4 Å². The van der Waals surface area contributed by atoms with Crippen molar-refractivity contribution >= 4 is 29.6 Å². The Balaban J connectivity index is 2.54. The molecule has 0 unspecified atom stereocenters. The lowest BCUT2D eigenvalue weighted by atomic mass is 9.96. The molecule has 0 aromatic heterocycles. The van der Waals surface area contributed by atoms with Gasteiger partial charge in [-0.2, -0.15) is 0 Å². The predicted octanol–water partition coefficient (Wildman–Crippen LogP) is 3.56. The molecule has 8 heteroatoms. The number of halogens is 1. The van der Waals surface area contributed by atoms with Gasteiger partial charge in [-0.25, -0.2) is 4.79 Å². The zero-order valence-corrected chi connectivity index (χ0v) is 15.8. The normalized spacial score (nSPS) is 13.0. The van der Waals surface area contributed by atoms with Crippen LogP contribution in [0.4, 0.5) is 4.79 Å². The van der Waals surface area contributed by atoms with Crippen molar-refractivity contribution in [3.8, 4) is 0 Å². The molecule has 0 bridgehead atoms. The van der Waals surface area contributed by atoms with E-state index < -0.39 is 30.2 Å². The molecular weight excluding hydrogens is 362 g/mol. The number of esters is 1. The van der Waals surface area contributed by atoms with E-state index in [-0.39, 0.29) is 25.3 Å². The molecule has 0 radical (unpaired) electrons. The Morgan fingerprint density at radius 1 is 1.08 bits per heavy atom. The summed E-state index contributed by atoms with van der Waals surface area (Å²) in [5.74, 6) is -1.75. The molecule has 0 heterocycles. The average molecular weight is 386 g/mol. The van der Waals surface area contributed by atoms with Crippen molar-refractivity contribution in [1.29, 1.82) is 0 Å². The van der Waals surface area contributed by atoms with Crippen LogP contribution in [0.15, 0.2) is 24.3 Å². The Morgan fingerprint density at radius 2 is 1.69 bits per heavy atom. The number of nitrogens with one attached hydrogen (secondary N) is 1. The second-order valence-corrected chi connectivity index (χ2v) is 6.72. The third-order valence-electron chi connectivity index (χ3n) is 3.40. The molecule has 0 aliphatic carbocycles. The third kappa shape index (κ3) is 8.71. The van der Waals surface area contributed by atoms with Gasteiger partial charge in [0.15, 0.2) is 0 Å². The van der Waals surface area contributed by atoms with Crippen molar-refractivity contribution in [2.24, 2.45) is 5.92 Å². The SMILES string of the molecule is CC(C)CC(=O)O[C@H](C)OC(=O)NC[C@H](CC(=O)O)c1ccc(Cl)cc1. The number of hydrogen-bond acceptors (Lipinski definition) is 5. The lowest BCUT2D eigenvalue weighted by molar-refractivity contribution is -0.165. The summed E-state index contributed by atoms with van der Waals surface area (Å²) < 4.78 is 9.92. The number of hydrogen-bond donors (Lipinski definition) is 2. The van der Waals surface area contributed by atoms with E-state index >= 15 is 0 Å². The first-order valence-corrected chi connectivity index (χ1v) is 8.66. The average Bonchev–Trinajstić information content (AvgIpc) is 2.50. The number of carbonyl (C=O) groups excluding carboxylic acids is 2. The minimum Gasteiger partial charge on any atom is -0.481 e. The van der Waals surface area contributed by atoms with Gasteiger partial charge in [-0.15, -0.1) is 0 Å². The molecule has 2 atom stereocenters. The topological polar surface area (TPSA) is 102 Å². The highest BCUT2D eigenvalue weighted by Crippen LogP contribution is 2.21. The number of carboxylic acids is 1. The second kappa shape index (κ2) is 10.7. The van der Waals surface area contributed by atoms with Crippen LogP contribution in [0, 0.1) is 5.92 Å². The molecule has 7 nitrogen and oxygen atoms in total. The first-order valence-electron chi connectivity index (χ1n) is 8.28. The number of aliphatic carboxylic acids is 1. The molecule has 0 fully saturated rings. The van der Waals surface area contributed by atoms with Crippen LogP contribution in [-0.2, 0) is 19.1 Å². The Morgan fingerprint density at radius 3 is 2.23 bits per heavy atom. The summed E-state index contributed by atoms with van der Waals surface area (Å²) in [4.78, 5) is 34.4. The largest absolute Gasteiger partial charge is 0.481 e. The van der Waals surface area contributed by atoms with Gasteiger partial charge in [0.1, 0.15) is 0 Å². The number of rotatable bonds is 9. The quantitative estimate of drug-likeness (QED) is 0.497. The highest BCUT2D eigenvalue weighted by molar-refractivity contribution is 6.30. The summed E-state index contributed by atoms with van der Waals surface area (Å²) >= 11 is 5.83. The van der Waals surface area contributed by atoms with E-state index in [4.69, 9.17) is 26.2 Å². The molecule has 1 rings (SSSR count). The molecule has 0 saturated carbocycles. The number of benzene rings is 1. The summed E-state index contributed by atoms with van der Waals surface area (Å²) in [6.45, 7) is 5.24. The Bertz CT molecular complexity index is 617. The monoisotopic (exact) mass is 385 g/mol. The molecule has 26 heavy (non-hydrogen) atoms. The van der Waals surface area contributed by atoms with Crippen molar-refractivity contribution in [2.75, 3.05) is 6.54 Å². The van der Waals surface area contributed by atoms with Gasteiger partial charge in [0.2, 0.25) is 6.29 Å². The van der Waals surface area contributed by atoms with Gasteiger partial charge >= 0.3 is 18.0 Å². The fourth-order valence-corrected chi connectivity index (χ4v) is 2.37. The van der Waals surface area contributed by atoms with Crippen LogP contribution in [0.5, 0.6) is 0 Å². The summed E-state index contributed by atoms with van der Waals surface area (Å²) in [6, 6.07) is 6.72. The van der Waals surface area contributed by atoms with Crippen LogP contribution in [0.25, 0.3) is 0 Å². The standard InChI is InChI=1S/C18H24ClNO6/c1-11(2)8-17(23)25-12(3)26-18(24)20-10-14(9-16(21)22)13-4-6-15(19)7-5-13/h4-7,11-12,14H,8-10H2,1-3H3,(H,20,24)(H,21,22)/t12-,14-/m0/s1. The summed E-state index contributed by atoms with van der Waals surface area (Å²) in [5.41, 5.74) is 0.730. The molecule has 0 aliphatic rings. The van der Waals surface area contributed by atoms with E-state index in [1.165, 1.54) is 6.92 Å². The van der Waals surface area contributed by atoms with Gasteiger partial charge in [-0.3, -0.25) is 9.59 Å². The fourth-order valence-electron chi connectivity index (χ4n) is 2.24. The highest BCUT2D eigenvalue weighted by Gasteiger charge is 2.19. The van der Waals surface area contributed by atoms with E-state index in [0.29, 0.717) is 5.02 Å². The third-order valence-corrected chi connectivity index (χ3v) is 3.65. The minimum atomic E-state index is -1.03. The molecule has 2 N–H and O–H groups in total. The van der Waals surface area contributed by atoms with Crippen LogP contribution in [-0.4, -0.2) is 36.0 Å².